The lowest BCUT2D eigenvalue weighted by molar-refractivity contribution is 0.296. The minimum absolute atomic E-state index is 0.719. The number of nitrogens with one attached hydrogen (secondary N) is 1. The second-order valence-electron chi connectivity index (χ2n) is 4.12. The highest BCUT2D eigenvalue weighted by Crippen LogP contribution is 2.38. The van der Waals surface area contributed by atoms with Crippen molar-refractivity contribution in [1.82, 2.24) is 5.32 Å². The van der Waals surface area contributed by atoms with Gasteiger partial charge in [0.1, 0.15) is 0 Å². The molecule has 1 aliphatic rings. The van der Waals surface area contributed by atoms with E-state index in [0.717, 1.165) is 54.4 Å². The fourth-order valence-corrected chi connectivity index (χ4v) is 2.75. The van der Waals surface area contributed by atoms with Crippen LogP contribution in [-0.4, -0.2) is 31.8 Å². The van der Waals surface area contributed by atoms with Crippen molar-refractivity contribution >= 4 is 27.7 Å². The van der Waals surface area contributed by atoms with E-state index in [1.807, 2.05) is 11.8 Å². The molecule has 0 amide bonds. The zero-order chi connectivity index (χ0) is 12.8. The molecular formula is C13H18BrNO2S. The molecule has 0 unspecified atom stereocenters. The van der Waals surface area contributed by atoms with Crippen molar-refractivity contribution in [2.24, 2.45) is 0 Å². The molecule has 2 rings (SSSR count). The monoisotopic (exact) mass is 331 g/mol. The summed E-state index contributed by atoms with van der Waals surface area (Å²) >= 11 is 5.40. The molecule has 18 heavy (non-hydrogen) atoms. The van der Waals surface area contributed by atoms with Crippen LogP contribution in [0, 0.1) is 0 Å². The first-order valence-corrected chi connectivity index (χ1v) is 8.27. The highest BCUT2D eigenvalue weighted by Gasteiger charge is 2.14. The third kappa shape index (κ3) is 3.80. The maximum atomic E-state index is 5.71. The summed E-state index contributed by atoms with van der Waals surface area (Å²) < 4.78 is 12.4. The molecule has 1 aromatic carbocycles. The van der Waals surface area contributed by atoms with Crippen LogP contribution in [0.2, 0.25) is 0 Å². The van der Waals surface area contributed by atoms with Gasteiger partial charge in [-0.3, -0.25) is 0 Å². The molecule has 1 aliphatic heterocycles. The Bertz CT molecular complexity index is 401. The van der Waals surface area contributed by atoms with Gasteiger partial charge in [0.05, 0.1) is 17.7 Å². The van der Waals surface area contributed by atoms with Crippen molar-refractivity contribution in [2.75, 3.05) is 31.8 Å². The van der Waals surface area contributed by atoms with Gasteiger partial charge >= 0.3 is 0 Å². The van der Waals surface area contributed by atoms with E-state index in [1.165, 1.54) is 5.56 Å². The molecule has 0 fully saturated rings. The molecule has 1 aromatic rings. The van der Waals surface area contributed by atoms with Gasteiger partial charge < -0.3 is 14.8 Å². The molecule has 0 radical (unpaired) electrons. The average Bonchev–Trinajstić information content (AvgIpc) is 2.60. The third-order valence-corrected chi connectivity index (χ3v) is 3.88. The Kier molecular flexibility index (Phi) is 5.66. The van der Waals surface area contributed by atoms with E-state index in [9.17, 15) is 0 Å². The van der Waals surface area contributed by atoms with Gasteiger partial charge in [0.2, 0.25) is 0 Å². The number of thioether (sulfide) groups is 1. The smallest absolute Gasteiger partial charge is 0.175 e. The quantitative estimate of drug-likeness (QED) is 0.840. The first-order chi connectivity index (χ1) is 8.81. The van der Waals surface area contributed by atoms with Gasteiger partial charge in [0, 0.05) is 25.3 Å². The van der Waals surface area contributed by atoms with Gasteiger partial charge in [-0.1, -0.05) is 0 Å². The standard InChI is InChI=1S/C13H18BrNO2S/c1-18-6-3-15-9-10-7-11(14)13-12(8-10)16-4-2-5-17-13/h7-8,15H,2-6,9H2,1H3. The van der Waals surface area contributed by atoms with Crippen LogP contribution in [0.5, 0.6) is 11.5 Å². The summed E-state index contributed by atoms with van der Waals surface area (Å²) in [5.41, 5.74) is 1.22. The second kappa shape index (κ2) is 7.26. The van der Waals surface area contributed by atoms with Crippen molar-refractivity contribution in [3.63, 3.8) is 0 Å². The highest BCUT2D eigenvalue weighted by atomic mass is 79.9. The Balaban J connectivity index is 2.04. The van der Waals surface area contributed by atoms with E-state index >= 15 is 0 Å². The molecule has 0 saturated carbocycles. The summed E-state index contributed by atoms with van der Waals surface area (Å²) in [4.78, 5) is 0. The summed E-state index contributed by atoms with van der Waals surface area (Å²) in [7, 11) is 0. The van der Waals surface area contributed by atoms with Crippen LogP contribution >= 0.6 is 27.7 Å². The summed E-state index contributed by atoms with van der Waals surface area (Å²) in [6.07, 6.45) is 3.05. The van der Waals surface area contributed by atoms with Gasteiger partial charge in [-0.2, -0.15) is 11.8 Å². The fourth-order valence-electron chi connectivity index (χ4n) is 1.79. The lowest BCUT2D eigenvalue weighted by Crippen LogP contribution is -2.16. The molecule has 5 heteroatoms. The molecule has 0 saturated heterocycles. The van der Waals surface area contributed by atoms with Crippen molar-refractivity contribution in [2.45, 2.75) is 13.0 Å². The summed E-state index contributed by atoms with van der Waals surface area (Å²) in [6, 6.07) is 4.16. The maximum Gasteiger partial charge on any atom is 0.175 e. The summed E-state index contributed by atoms with van der Waals surface area (Å²) in [5.74, 6) is 2.81. The lowest BCUT2D eigenvalue weighted by atomic mass is 10.2. The predicted molar refractivity (Wildman–Crippen MR) is 79.8 cm³/mol. The molecule has 100 valence electrons. The van der Waals surface area contributed by atoms with Crippen LogP contribution in [0.15, 0.2) is 16.6 Å². The highest BCUT2D eigenvalue weighted by molar-refractivity contribution is 9.10. The van der Waals surface area contributed by atoms with Gasteiger partial charge in [0.15, 0.2) is 11.5 Å². The minimum Gasteiger partial charge on any atom is -0.490 e. The second-order valence-corrected chi connectivity index (χ2v) is 5.96. The maximum absolute atomic E-state index is 5.71. The Hall–Kier alpha value is -0.390. The predicted octanol–water partition coefficient (Wildman–Crippen LogP) is 3.06. The van der Waals surface area contributed by atoms with E-state index in [-0.39, 0.29) is 0 Å². The fraction of sp³-hybridized carbons (Fsp3) is 0.538. The van der Waals surface area contributed by atoms with Crippen LogP contribution in [0.3, 0.4) is 0 Å². The van der Waals surface area contributed by atoms with Crippen LogP contribution in [-0.2, 0) is 6.54 Å². The molecule has 3 nitrogen and oxygen atoms in total. The number of hydrogen-bond acceptors (Lipinski definition) is 4. The number of halogens is 1. The third-order valence-electron chi connectivity index (χ3n) is 2.67. The van der Waals surface area contributed by atoms with Crippen LogP contribution < -0.4 is 14.8 Å². The number of fused-ring (bicyclic) bond motifs is 1. The number of rotatable bonds is 5. The average molecular weight is 332 g/mol. The van der Waals surface area contributed by atoms with Gasteiger partial charge in [0.25, 0.3) is 0 Å². The van der Waals surface area contributed by atoms with Crippen molar-refractivity contribution in [3.05, 3.63) is 22.2 Å². The summed E-state index contributed by atoms with van der Waals surface area (Å²) in [5, 5.41) is 3.41. The van der Waals surface area contributed by atoms with Crippen LogP contribution in [0.4, 0.5) is 0 Å². The molecule has 0 aromatic heterocycles. The zero-order valence-corrected chi connectivity index (χ0v) is 12.9. The first kappa shape index (κ1) is 14.0. The number of ether oxygens (including phenoxy) is 2. The van der Waals surface area contributed by atoms with Gasteiger partial charge in [-0.05, 0) is 39.9 Å². The SMILES string of the molecule is CSCCNCc1cc(Br)c2c(c1)OCCCO2. The Morgan fingerprint density at radius 3 is 3.00 bits per heavy atom. The van der Waals surface area contributed by atoms with Gasteiger partial charge in [-0.15, -0.1) is 0 Å². The van der Waals surface area contributed by atoms with Crippen molar-refractivity contribution in [1.29, 1.82) is 0 Å². The van der Waals surface area contributed by atoms with E-state index in [1.54, 1.807) is 0 Å². The van der Waals surface area contributed by atoms with E-state index < -0.39 is 0 Å². The largest absolute Gasteiger partial charge is 0.490 e. The molecule has 1 N–H and O–H groups in total. The Morgan fingerprint density at radius 2 is 2.17 bits per heavy atom. The molecular weight excluding hydrogens is 314 g/mol. The minimum atomic E-state index is 0.719. The van der Waals surface area contributed by atoms with Crippen molar-refractivity contribution in [3.8, 4) is 11.5 Å². The van der Waals surface area contributed by atoms with E-state index in [2.05, 4.69) is 39.6 Å². The first-order valence-electron chi connectivity index (χ1n) is 6.09. The zero-order valence-electron chi connectivity index (χ0n) is 10.5. The Labute approximate surface area is 121 Å². The molecule has 1 heterocycles. The lowest BCUT2D eigenvalue weighted by Gasteiger charge is -2.12. The normalized spacial score (nSPS) is 14.3. The summed E-state index contributed by atoms with van der Waals surface area (Å²) in [6.45, 7) is 3.32. The van der Waals surface area contributed by atoms with E-state index in [0.29, 0.717) is 0 Å². The molecule has 0 spiro atoms. The topological polar surface area (TPSA) is 30.5 Å². The molecule has 0 bridgehead atoms. The Morgan fingerprint density at radius 1 is 1.33 bits per heavy atom. The van der Waals surface area contributed by atoms with Crippen molar-refractivity contribution < 1.29 is 9.47 Å². The van der Waals surface area contributed by atoms with E-state index in [4.69, 9.17) is 9.47 Å². The van der Waals surface area contributed by atoms with Crippen LogP contribution in [0.25, 0.3) is 0 Å². The molecule has 0 aliphatic carbocycles. The molecule has 0 atom stereocenters. The number of hydrogen-bond donors (Lipinski definition) is 1. The van der Waals surface area contributed by atoms with Crippen LogP contribution in [0.1, 0.15) is 12.0 Å². The van der Waals surface area contributed by atoms with Gasteiger partial charge in [-0.25, -0.2) is 0 Å². The number of benzene rings is 1.